The first-order valence-electron chi connectivity index (χ1n) is 7.40. The Kier molecular flexibility index (Phi) is 7.32. The molecule has 2 rings (SSSR count). The minimum absolute atomic E-state index is 0.182. The van der Waals surface area contributed by atoms with Crippen molar-refractivity contribution in [2.24, 2.45) is 10.2 Å². The van der Waals surface area contributed by atoms with Crippen molar-refractivity contribution in [1.29, 1.82) is 0 Å². The number of ketones is 1. The normalized spacial score (nSPS) is 10.0. The Hall–Kier alpha value is -2.31. The number of nitrogens with zero attached hydrogens (tertiary/aromatic N) is 6. The van der Waals surface area contributed by atoms with Crippen LogP contribution < -0.4 is 0 Å². The summed E-state index contributed by atoms with van der Waals surface area (Å²) in [5, 5.41) is 7.03. The van der Waals surface area contributed by atoms with Crippen LogP contribution in [0.5, 0.6) is 0 Å². The van der Waals surface area contributed by atoms with Crippen molar-refractivity contribution in [1.82, 2.24) is 0 Å². The fraction of sp³-hybridized carbons (Fsp3) is 0.400. The van der Waals surface area contributed by atoms with E-state index in [0.29, 0.717) is 38.8 Å². The van der Waals surface area contributed by atoms with Crippen LogP contribution in [0.2, 0.25) is 0 Å². The highest BCUT2D eigenvalue weighted by atomic mass is 32.1. The molecule has 24 heavy (non-hydrogen) atoms. The molecule has 0 saturated carbocycles. The second-order valence-electron chi connectivity index (χ2n) is 5.04. The van der Waals surface area contributed by atoms with Crippen molar-refractivity contribution in [2.75, 3.05) is 13.1 Å². The highest BCUT2D eigenvalue weighted by molar-refractivity contribution is 7.12. The summed E-state index contributed by atoms with van der Waals surface area (Å²) in [6.07, 6.45) is 2.28. The SMILES string of the molecule is [N-]=[N+]=NCCc1ccc(CC(=O)Cc2ccc(CCN=[N+]=[N-])s2)s1. The van der Waals surface area contributed by atoms with E-state index in [1.165, 1.54) is 0 Å². The topological polar surface area (TPSA) is 115 Å². The third-order valence-corrected chi connectivity index (χ3v) is 5.51. The Balaban J connectivity index is 1.82. The molecule has 0 amide bonds. The smallest absolute Gasteiger partial charge is 0.143 e. The summed E-state index contributed by atoms with van der Waals surface area (Å²) in [6, 6.07) is 7.90. The molecule has 7 nitrogen and oxygen atoms in total. The molecule has 0 aliphatic carbocycles. The van der Waals surface area contributed by atoms with Crippen LogP contribution in [0.3, 0.4) is 0 Å². The van der Waals surface area contributed by atoms with Gasteiger partial charge in [0.2, 0.25) is 0 Å². The molecular weight excluding hydrogens is 344 g/mol. The fourth-order valence-corrected chi connectivity index (χ4v) is 4.24. The lowest BCUT2D eigenvalue weighted by Crippen LogP contribution is -2.04. The van der Waals surface area contributed by atoms with E-state index in [-0.39, 0.29) is 5.78 Å². The van der Waals surface area contributed by atoms with Gasteiger partial charge in [0.25, 0.3) is 0 Å². The maximum absolute atomic E-state index is 12.2. The van der Waals surface area contributed by atoms with E-state index in [4.69, 9.17) is 11.1 Å². The van der Waals surface area contributed by atoms with Gasteiger partial charge in [-0.15, -0.1) is 22.7 Å². The standard InChI is InChI=1S/C15H16N6OS2/c16-20-18-7-5-12-1-3-14(23-12)9-11(22)10-15-4-2-13(24-15)6-8-19-21-17/h1-4H,5-10H2. The van der Waals surface area contributed by atoms with Gasteiger partial charge >= 0.3 is 0 Å². The molecule has 0 aliphatic rings. The summed E-state index contributed by atoms with van der Waals surface area (Å²) >= 11 is 3.19. The van der Waals surface area contributed by atoms with Gasteiger partial charge in [0.05, 0.1) is 0 Å². The summed E-state index contributed by atoms with van der Waals surface area (Å²) in [4.78, 5) is 22.0. The quantitative estimate of drug-likeness (QED) is 0.335. The number of rotatable bonds is 10. The molecule has 0 atom stereocenters. The Morgan fingerprint density at radius 2 is 1.25 bits per heavy atom. The molecule has 0 radical (unpaired) electrons. The van der Waals surface area contributed by atoms with Gasteiger partial charge < -0.3 is 0 Å². The molecule has 2 heterocycles. The van der Waals surface area contributed by atoms with E-state index >= 15 is 0 Å². The van der Waals surface area contributed by atoms with Crippen LogP contribution in [0.15, 0.2) is 34.5 Å². The van der Waals surface area contributed by atoms with Gasteiger partial charge in [-0.2, -0.15) is 0 Å². The first kappa shape index (κ1) is 18.0. The van der Waals surface area contributed by atoms with Crippen molar-refractivity contribution < 1.29 is 4.79 Å². The number of hydrogen-bond donors (Lipinski definition) is 0. The van der Waals surface area contributed by atoms with Crippen LogP contribution in [0.4, 0.5) is 0 Å². The molecule has 0 bridgehead atoms. The fourth-order valence-electron chi connectivity index (χ4n) is 2.16. The molecule has 0 saturated heterocycles. The molecule has 2 aromatic heterocycles. The van der Waals surface area contributed by atoms with Gasteiger partial charge in [-0.1, -0.05) is 10.2 Å². The van der Waals surface area contributed by atoms with E-state index < -0.39 is 0 Å². The molecule has 0 fully saturated rings. The molecule has 2 aromatic rings. The maximum Gasteiger partial charge on any atom is 0.143 e. The lowest BCUT2D eigenvalue weighted by Gasteiger charge is -1.97. The lowest BCUT2D eigenvalue weighted by atomic mass is 10.1. The van der Waals surface area contributed by atoms with Crippen LogP contribution in [-0.2, 0) is 30.5 Å². The lowest BCUT2D eigenvalue weighted by molar-refractivity contribution is -0.117. The Labute approximate surface area is 147 Å². The van der Waals surface area contributed by atoms with E-state index in [2.05, 4.69) is 20.1 Å². The highest BCUT2D eigenvalue weighted by Gasteiger charge is 2.09. The maximum atomic E-state index is 12.2. The van der Waals surface area contributed by atoms with Gasteiger partial charge in [0, 0.05) is 55.3 Å². The number of carbonyl (C=O) groups is 1. The van der Waals surface area contributed by atoms with E-state index in [1.807, 2.05) is 24.3 Å². The zero-order chi connectivity index (χ0) is 17.2. The molecule has 0 spiro atoms. The Morgan fingerprint density at radius 3 is 1.67 bits per heavy atom. The number of azide groups is 2. The number of carbonyl (C=O) groups excluding carboxylic acids is 1. The second-order valence-corrected chi connectivity index (χ2v) is 7.54. The van der Waals surface area contributed by atoms with Crippen molar-refractivity contribution in [3.63, 3.8) is 0 Å². The van der Waals surface area contributed by atoms with Gasteiger partial charge in [-0.25, -0.2) is 0 Å². The van der Waals surface area contributed by atoms with Crippen LogP contribution in [0, 0.1) is 0 Å². The third kappa shape index (κ3) is 6.06. The zero-order valence-electron chi connectivity index (χ0n) is 13.0. The number of thiophene rings is 2. The molecule has 0 N–H and O–H groups in total. The molecule has 0 aromatic carbocycles. The monoisotopic (exact) mass is 360 g/mol. The van der Waals surface area contributed by atoms with Gasteiger partial charge in [-0.3, -0.25) is 4.79 Å². The van der Waals surface area contributed by atoms with Crippen molar-refractivity contribution >= 4 is 28.5 Å². The zero-order valence-corrected chi connectivity index (χ0v) is 14.6. The van der Waals surface area contributed by atoms with E-state index in [1.54, 1.807) is 22.7 Å². The van der Waals surface area contributed by atoms with Crippen LogP contribution in [-0.4, -0.2) is 18.9 Å². The van der Waals surface area contributed by atoms with Crippen LogP contribution >= 0.6 is 22.7 Å². The third-order valence-electron chi connectivity index (χ3n) is 3.22. The summed E-state index contributed by atoms with van der Waals surface area (Å²) in [5.74, 6) is 0.182. The molecule has 0 aliphatic heterocycles. The van der Waals surface area contributed by atoms with Gasteiger partial charge in [0.1, 0.15) is 5.78 Å². The summed E-state index contributed by atoms with van der Waals surface area (Å²) in [6.45, 7) is 0.885. The molecular formula is C15H16N6OS2. The van der Waals surface area contributed by atoms with Crippen LogP contribution in [0.25, 0.3) is 20.9 Å². The van der Waals surface area contributed by atoms with E-state index in [9.17, 15) is 4.79 Å². The van der Waals surface area contributed by atoms with E-state index in [0.717, 1.165) is 19.5 Å². The van der Waals surface area contributed by atoms with Crippen molar-refractivity contribution in [2.45, 2.75) is 25.7 Å². The Morgan fingerprint density at radius 1 is 0.833 bits per heavy atom. The summed E-state index contributed by atoms with van der Waals surface area (Å²) in [5.41, 5.74) is 16.5. The number of hydrogen-bond acceptors (Lipinski definition) is 5. The number of Topliss-reactive ketones (excluding diaryl/α,β-unsaturated/α-hetero) is 1. The predicted octanol–water partition coefficient (Wildman–Crippen LogP) is 4.87. The van der Waals surface area contributed by atoms with Gasteiger partial charge in [0.15, 0.2) is 0 Å². The predicted molar refractivity (Wildman–Crippen MR) is 96.5 cm³/mol. The van der Waals surface area contributed by atoms with Crippen molar-refractivity contribution in [3.8, 4) is 0 Å². The Bertz CT molecular complexity index is 719. The van der Waals surface area contributed by atoms with Crippen LogP contribution in [0.1, 0.15) is 19.5 Å². The van der Waals surface area contributed by atoms with Gasteiger partial charge in [-0.05, 0) is 48.2 Å². The van der Waals surface area contributed by atoms with Crippen molar-refractivity contribution in [3.05, 3.63) is 64.7 Å². The highest BCUT2D eigenvalue weighted by Crippen LogP contribution is 2.21. The molecule has 124 valence electrons. The first-order chi connectivity index (χ1) is 11.7. The summed E-state index contributed by atoms with van der Waals surface area (Å²) < 4.78 is 0. The minimum Gasteiger partial charge on any atom is -0.299 e. The largest absolute Gasteiger partial charge is 0.299 e. The molecule has 0 unspecified atom stereocenters. The molecule has 9 heteroatoms. The second kappa shape index (κ2) is 9.75. The average Bonchev–Trinajstić information content (AvgIpc) is 3.18. The summed E-state index contributed by atoms with van der Waals surface area (Å²) in [7, 11) is 0. The minimum atomic E-state index is 0.182. The average molecular weight is 360 g/mol. The first-order valence-corrected chi connectivity index (χ1v) is 9.03.